The lowest BCUT2D eigenvalue weighted by Crippen LogP contribution is -2.35. The summed E-state index contributed by atoms with van der Waals surface area (Å²) >= 11 is 6.46. The second kappa shape index (κ2) is 7.51. The molecule has 2 nitrogen and oxygen atoms in total. The second-order valence-electron chi connectivity index (χ2n) is 6.41. The molecule has 0 radical (unpaired) electrons. The number of hydrogen-bond donors (Lipinski definition) is 1. The number of anilines is 1. The lowest BCUT2D eigenvalue weighted by atomic mass is 9.84. The van der Waals surface area contributed by atoms with E-state index in [0.717, 1.165) is 10.9 Å². The van der Waals surface area contributed by atoms with E-state index in [1.54, 1.807) is 0 Å². The molecule has 118 valence electrons. The molecule has 0 aromatic heterocycles. The SMILES string of the molecule is CCC1CCC(N(C)c2ccc(C(C)NC)c(Cl)c2)CC1. The van der Waals surface area contributed by atoms with E-state index in [1.165, 1.54) is 43.4 Å². The van der Waals surface area contributed by atoms with Crippen LogP contribution in [0.25, 0.3) is 0 Å². The molecule has 0 bridgehead atoms. The molecule has 1 aliphatic rings. The van der Waals surface area contributed by atoms with E-state index < -0.39 is 0 Å². The third-order valence-corrected chi connectivity index (χ3v) is 5.56. The van der Waals surface area contributed by atoms with Crippen LogP contribution in [-0.4, -0.2) is 20.1 Å². The van der Waals surface area contributed by atoms with Gasteiger partial charge >= 0.3 is 0 Å². The van der Waals surface area contributed by atoms with Crippen molar-refractivity contribution in [1.29, 1.82) is 0 Å². The van der Waals surface area contributed by atoms with Crippen molar-refractivity contribution in [2.75, 3.05) is 19.0 Å². The first-order valence-corrected chi connectivity index (χ1v) is 8.64. The molecule has 0 amide bonds. The van der Waals surface area contributed by atoms with Crippen molar-refractivity contribution in [3.05, 3.63) is 28.8 Å². The van der Waals surface area contributed by atoms with Gasteiger partial charge in [0.2, 0.25) is 0 Å². The Morgan fingerprint density at radius 1 is 1.29 bits per heavy atom. The Bertz CT molecular complexity index is 453. The summed E-state index contributed by atoms with van der Waals surface area (Å²) in [5, 5.41) is 4.11. The molecule has 1 unspecified atom stereocenters. The van der Waals surface area contributed by atoms with E-state index in [-0.39, 0.29) is 6.04 Å². The molecule has 1 aliphatic carbocycles. The Morgan fingerprint density at radius 3 is 2.48 bits per heavy atom. The zero-order valence-corrected chi connectivity index (χ0v) is 14.6. The minimum absolute atomic E-state index is 0.289. The number of hydrogen-bond acceptors (Lipinski definition) is 2. The van der Waals surface area contributed by atoms with Gasteiger partial charge in [-0.25, -0.2) is 0 Å². The average molecular weight is 309 g/mol. The molecule has 1 aromatic rings. The van der Waals surface area contributed by atoms with Gasteiger partial charge in [0.05, 0.1) is 0 Å². The van der Waals surface area contributed by atoms with Gasteiger partial charge in [0.1, 0.15) is 0 Å². The maximum Gasteiger partial charge on any atom is 0.0474 e. The quantitative estimate of drug-likeness (QED) is 0.821. The minimum Gasteiger partial charge on any atom is -0.372 e. The minimum atomic E-state index is 0.289. The van der Waals surface area contributed by atoms with Crippen LogP contribution >= 0.6 is 11.6 Å². The van der Waals surface area contributed by atoms with E-state index in [2.05, 4.69) is 49.3 Å². The summed E-state index contributed by atoms with van der Waals surface area (Å²) < 4.78 is 0. The molecular formula is C18H29ClN2. The topological polar surface area (TPSA) is 15.3 Å². The van der Waals surface area contributed by atoms with Crippen LogP contribution in [0.15, 0.2) is 18.2 Å². The molecule has 3 heteroatoms. The highest BCUT2D eigenvalue weighted by atomic mass is 35.5. The van der Waals surface area contributed by atoms with E-state index in [9.17, 15) is 0 Å². The van der Waals surface area contributed by atoms with Gasteiger partial charge in [-0.15, -0.1) is 0 Å². The van der Waals surface area contributed by atoms with E-state index in [4.69, 9.17) is 11.6 Å². The van der Waals surface area contributed by atoms with Crippen LogP contribution in [0.3, 0.4) is 0 Å². The van der Waals surface area contributed by atoms with Crippen LogP contribution in [0.1, 0.15) is 57.6 Å². The summed E-state index contributed by atoms with van der Waals surface area (Å²) in [6.45, 7) is 4.45. The van der Waals surface area contributed by atoms with Crippen LogP contribution in [0.5, 0.6) is 0 Å². The molecule has 1 aromatic carbocycles. The van der Waals surface area contributed by atoms with Crippen molar-refractivity contribution in [3.63, 3.8) is 0 Å². The lowest BCUT2D eigenvalue weighted by molar-refractivity contribution is 0.313. The predicted octanol–water partition coefficient (Wildman–Crippen LogP) is 5.03. The zero-order valence-electron chi connectivity index (χ0n) is 13.8. The Balaban J connectivity index is 2.06. The average Bonchev–Trinajstić information content (AvgIpc) is 2.53. The molecule has 21 heavy (non-hydrogen) atoms. The fourth-order valence-electron chi connectivity index (χ4n) is 3.39. The van der Waals surface area contributed by atoms with Crippen LogP contribution in [0.2, 0.25) is 5.02 Å². The zero-order chi connectivity index (χ0) is 15.4. The molecular weight excluding hydrogens is 280 g/mol. The van der Waals surface area contributed by atoms with Gasteiger partial charge in [-0.2, -0.15) is 0 Å². The lowest BCUT2D eigenvalue weighted by Gasteiger charge is -2.36. The third-order valence-electron chi connectivity index (χ3n) is 5.23. The van der Waals surface area contributed by atoms with Gasteiger partial charge in [0.15, 0.2) is 0 Å². The van der Waals surface area contributed by atoms with Crippen molar-refractivity contribution >= 4 is 17.3 Å². The summed E-state index contributed by atoms with van der Waals surface area (Å²) in [6, 6.07) is 7.44. The standard InChI is InChI=1S/C18H29ClN2/c1-5-14-6-8-15(9-7-14)21(4)16-10-11-17(13(2)20-3)18(19)12-16/h10-15,20H,5-9H2,1-4H3. The molecule has 0 aliphatic heterocycles. The molecule has 0 spiro atoms. The van der Waals surface area contributed by atoms with Gasteiger partial charge in [0, 0.05) is 29.8 Å². The number of rotatable bonds is 5. The Kier molecular flexibility index (Phi) is 5.95. The van der Waals surface area contributed by atoms with Crippen LogP contribution in [-0.2, 0) is 0 Å². The molecule has 1 fully saturated rings. The smallest absolute Gasteiger partial charge is 0.0474 e. The second-order valence-corrected chi connectivity index (χ2v) is 6.82. The van der Waals surface area contributed by atoms with E-state index in [0.29, 0.717) is 6.04 Å². The van der Waals surface area contributed by atoms with E-state index in [1.807, 2.05) is 7.05 Å². The number of halogens is 1. The van der Waals surface area contributed by atoms with Crippen molar-refractivity contribution in [2.24, 2.45) is 5.92 Å². The highest BCUT2D eigenvalue weighted by molar-refractivity contribution is 6.31. The molecule has 1 saturated carbocycles. The number of nitrogens with zero attached hydrogens (tertiary/aromatic N) is 1. The van der Waals surface area contributed by atoms with Gasteiger partial charge in [-0.1, -0.05) is 31.0 Å². The highest BCUT2D eigenvalue weighted by Gasteiger charge is 2.23. The predicted molar refractivity (Wildman–Crippen MR) is 93.4 cm³/mol. The monoisotopic (exact) mass is 308 g/mol. The Morgan fingerprint density at radius 2 is 1.95 bits per heavy atom. The van der Waals surface area contributed by atoms with Gasteiger partial charge < -0.3 is 10.2 Å². The fraction of sp³-hybridized carbons (Fsp3) is 0.667. The first-order valence-electron chi connectivity index (χ1n) is 8.26. The molecule has 1 N–H and O–H groups in total. The molecule has 0 saturated heterocycles. The van der Waals surface area contributed by atoms with Crippen LogP contribution < -0.4 is 10.2 Å². The fourth-order valence-corrected chi connectivity index (χ4v) is 3.73. The molecule has 0 heterocycles. The van der Waals surface area contributed by atoms with Crippen molar-refractivity contribution in [1.82, 2.24) is 5.32 Å². The van der Waals surface area contributed by atoms with Crippen molar-refractivity contribution in [2.45, 2.75) is 58.0 Å². The van der Waals surface area contributed by atoms with Crippen molar-refractivity contribution < 1.29 is 0 Å². The molecule has 1 atom stereocenters. The first kappa shape index (κ1) is 16.6. The first-order chi connectivity index (χ1) is 10.1. The summed E-state index contributed by atoms with van der Waals surface area (Å²) in [7, 11) is 4.18. The van der Waals surface area contributed by atoms with Crippen LogP contribution in [0.4, 0.5) is 5.69 Å². The summed E-state index contributed by atoms with van der Waals surface area (Å²) in [6.07, 6.45) is 6.68. The Hall–Kier alpha value is -0.730. The van der Waals surface area contributed by atoms with Crippen molar-refractivity contribution in [3.8, 4) is 0 Å². The number of benzene rings is 1. The van der Waals surface area contributed by atoms with E-state index >= 15 is 0 Å². The maximum atomic E-state index is 6.46. The number of nitrogens with one attached hydrogen (secondary N) is 1. The highest BCUT2D eigenvalue weighted by Crippen LogP contribution is 2.33. The van der Waals surface area contributed by atoms with Crippen LogP contribution in [0, 0.1) is 5.92 Å². The van der Waals surface area contributed by atoms with Gasteiger partial charge in [-0.3, -0.25) is 0 Å². The third kappa shape index (κ3) is 3.92. The summed E-state index contributed by atoms with van der Waals surface area (Å²) in [4.78, 5) is 2.42. The molecule has 2 rings (SSSR count). The Labute approximate surface area is 134 Å². The summed E-state index contributed by atoms with van der Waals surface area (Å²) in [5.41, 5.74) is 2.41. The summed E-state index contributed by atoms with van der Waals surface area (Å²) in [5.74, 6) is 0.942. The maximum absolute atomic E-state index is 6.46. The largest absolute Gasteiger partial charge is 0.372 e. The van der Waals surface area contributed by atoms with Gasteiger partial charge in [0.25, 0.3) is 0 Å². The normalized spacial score (nSPS) is 23.9. The van der Waals surface area contributed by atoms with Gasteiger partial charge in [-0.05, 0) is 63.3 Å².